The number of piperazine rings is 1. The van der Waals surface area contributed by atoms with Crippen LogP contribution in [-0.2, 0) is 9.59 Å². The van der Waals surface area contributed by atoms with E-state index in [9.17, 15) is 9.59 Å². The Morgan fingerprint density at radius 3 is 2.68 bits per heavy atom. The topological polar surface area (TPSA) is 61.4 Å². The lowest BCUT2D eigenvalue weighted by Gasteiger charge is -2.34. The average molecular weight is 292 g/mol. The van der Waals surface area contributed by atoms with E-state index in [0.717, 1.165) is 19.6 Å². The summed E-state index contributed by atoms with van der Waals surface area (Å²) in [5.41, 5.74) is 0. The molecule has 1 aliphatic rings. The Labute approximate surface area is 121 Å². The van der Waals surface area contributed by atoms with E-state index < -0.39 is 0 Å². The van der Waals surface area contributed by atoms with Crippen molar-refractivity contribution in [2.45, 2.75) is 39.7 Å². The summed E-state index contributed by atoms with van der Waals surface area (Å²) in [6.45, 7) is 8.98. The van der Waals surface area contributed by atoms with Crippen LogP contribution in [0.4, 0.5) is 0 Å². The first kappa shape index (κ1) is 18.2. The Bertz CT molecular complexity index is 298. The number of carbonyl (C=O) groups is 2. The van der Waals surface area contributed by atoms with Crippen LogP contribution in [0.3, 0.4) is 0 Å². The molecule has 1 aliphatic heterocycles. The number of carbonyl (C=O) groups excluding carboxylic acids is 2. The number of halogens is 1. The van der Waals surface area contributed by atoms with Gasteiger partial charge >= 0.3 is 0 Å². The van der Waals surface area contributed by atoms with Gasteiger partial charge < -0.3 is 15.5 Å². The standard InChI is InChI=1S/C13H25N3O2.ClH/c1-10(2)8-12(17)15-5-4-13(18)16-7-6-14-9-11(16)3;/h10-11,14H,4-9H2,1-3H3,(H,15,17);1H/t11-;/m0./s1. The quantitative estimate of drug-likeness (QED) is 0.787. The number of nitrogens with one attached hydrogen (secondary N) is 2. The predicted octanol–water partition coefficient (Wildman–Crippen LogP) is 0.781. The molecule has 0 radical (unpaired) electrons. The van der Waals surface area contributed by atoms with Crippen LogP contribution in [0.1, 0.15) is 33.6 Å². The van der Waals surface area contributed by atoms with Gasteiger partial charge in [0.15, 0.2) is 0 Å². The van der Waals surface area contributed by atoms with Crippen LogP contribution in [0.25, 0.3) is 0 Å². The fourth-order valence-corrected chi connectivity index (χ4v) is 2.11. The molecule has 1 rings (SSSR count). The summed E-state index contributed by atoms with van der Waals surface area (Å²) < 4.78 is 0. The molecule has 0 bridgehead atoms. The fraction of sp³-hybridized carbons (Fsp3) is 0.846. The minimum Gasteiger partial charge on any atom is -0.356 e. The molecule has 5 nitrogen and oxygen atoms in total. The molecule has 112 valence electrons. The molecular formula is C13H26ClN3O2. The van der Waals surface area contributed by atoms with Crippen LogP contribution >= 0.6 is 12.4 Å². The second-order valence-corrected chi connectivity index (χ2v) is 5.34. The summed E-state index contributed by atoms with van der Waals surface area (Å²) in [7, 11) is 0. The van der Waals surface area contributed by atoms with Crippen molar-refractivity contribution in [3.63, 3.8) is 0 Å². The Kier molecular flexibility index (Phi) is 8.76. The Balaban J connectivity index is 0.00000324. The zero-order valence-electron chi connectivity index (χ0n) is 12.1. The monoisotopic (exact) mass is 291 g/mol. The minimum atomic E-state index is 0. The maximum atomic E-state index is 12.0. The first-order chi connectivity index (χ1) is 8.50. The maximum Gasteiger partial charge on any atom is 0.224 e. The molecule has 1 heterocycles. The third kappa shape index (κ3) is 6.78. The van der Waals surface area contributed by atoms with E-state index in [-0.39, 0.29) is 30.3 Å². The first-order valence-corrected chi connectivity index (χ1v) is 6.77. The largest absolute Gasteiger partial charge is 0.356 e. The van der Waals surface area contributed by atoms with Gasteiger partial charge in [0.25, 0.3) is 0 Å². The van der Waals surface area contributed by atoms with E-state index in [1.54, 1.807) is 0 Å². The van der Waals surface area contributed by atoms with Crippen molar-refractivity contribution in [3.8, 4) is 0 Å². The highest BCUT2D eigenvalue weighted by Gasteiger charge is 2.22. The van der Waals surface area contributed by atoms with Crippen molar-refractivity contribution in [1.82, 2.24) is 15.5 Å². The van der Waals surface area contributed by atoms with Gasteiger partial charge in [-0.3, -0.25) is 9.59 Å². The van der Waals surface area contributed by atoms with Crippen molar-refractivity contribution in [3.05, 3.63) is 0 Å². The zero-order valence-corrected chi connectivity index (χ0v) is 12.9. The summed E-state index contributed by atoms with van der Waals surface area (Å²) in [6.07, 6.45) is 0.923. The number of nitrogens with zero attached hydrogens (tertiary/aromatic N) is 1. The van der Waals surface area contributed by atoms with Crippen LogP contribution in [-0.4, -0.2) is 48.9 Å². The molecule has 0 aromatic heterocycles. The van der Waals surface area contributed by atoms with Crippen LogP contribution in [0.15, 0.2) is 0 Å². The number of hydrogen-bond donors (Lipinski definition) is 2. The molecular weight excluding hydrogens is 266 g/mol. The molecule has 2 N–H and O–H groups in total. The van der Waals surface area contributed by atoms with Crippen LogP contribution in [0.5, 0.6) is 0 Å². The second-order valence-electron chi connectivity index (χ2n) is 5.34. The fourth-order valence-electron chi connectivity index (χ4n) is 2.11. The lowest BCUT2D eigenvalue weighted by Crippen LogP contribution is -2.52. The van der Waals surface area contributed by atoms with Crippen molar-refractivity contribution in [2.24, 2.45) is 5.92 Å². The average Bonchev–Trinajstić information content (AvgIpc) is 2.28. The maximum absolute atomic E-state index is 12.0. The van der Waals surface area contributed by atoms with Crippen LogP contribution in [0, 0.1) is 5.92 Å². The molecule has 0 aromatic rings. The molecule has 0 aliphatic carbocycles. The SMILES string of the molecule is CC(C)CC(=O)NCCC(=O)N1CCNC[C@@H]1C.Cl. The molecule has 1 fully saturated rings. The van der Waals surface area contributed by atoms with Gasteiger partial charge in [0.1, 0.15) is 0 Å². The van der Waals surface area contributed by atoms with Gasteiger partial charge in [-0.15, -0.1) is 12.4 Å². The Hall–Kier alpha value is -0.810. The number of hydrogen-bond acceptors (Lipinski definition) is 3. The summed E-state index contributed by atoms with van der Waals surface area (Å²) in [6, 6.07) is 0.248. The minimum absolute atomic E-state index is 0. The van der Waals surface area contributed by atoms with Crippen LogP contribution in [0.2, 0.25) is 0 Å². The normalized spacial score (nSPS) is 18.9. The van der Waals surface area contributed by atoms with E-state index in [0.29, 0.717) is 25.3 Å². The number of amides is 2. The molecule has 0 saturated carbocycles. The van der Waals surface area contributed by atoms with Gasteiger partial charge in [-0.25, -0.2) is 0 Å². The second kappa shape index (κ2) is 9.15. The summed E-state index contributed by atoms with van der Waals surface area (Å²) in [4.78, 5) is 25.3. The highest BCUT2D eigenvalue weighted by atomic mass is 35.5. The highest BCUT2D eigenvalue weighted by Crippen LogP contribution is 2.04. The summed E-state index contributed by atoms with van der Waals surface area (Å²) in [5.74, 6) is 0.522. The first-order valence-electron chi connectivity index (χ1n) is 6.77. The molecule has 6 heteroatoms. The summed E-state index contributed by atoms with van der Waals surface area (Å²) >= 11 is 0. The molecule has 0 spiro atoms. The molecule has 1 saturated heterocycles. The number of rotatable bonds is 5. The van der Waals surface area contributed by atoms with E-state index in [2.05, 4.69) is 10.6 Å². The molecule has 0 unspecified atom stereocenters. The van der Waals surface area contributed by atoms with Gasteiger partial charge in [-0.1, -0.05) is 13.8 Å². The Morgan fingerprint density at radius 1 is 1.42 bits per heavy atom. The van der Waals surface area contributed by atoms with Gasteiger partial charge in [-0.2, -0.15) is 0 Å². The lowest BCUT2D eigenvalue weighted by atomic mass is 10.1. The van der Waals surface area contributed by atoms with Crippen molar-refractivity contribution >= 4 is 24.2 Å². The smallest absolute Gasteiger partial charge is 0.224 e. The molecule has 1 atom stereocenters. The zero-order chi connectivity index (χ0) is 13.5. The molecule has 19 heavy (non-hydrogen) atoms. The van der Waals surface area contributed by atoms with Gasteiger partial charge in [-0.05, 0) is 12.8 Å². The van der Waals surface area contributed by atoms with Crippen molar-refractivity contribution in [2.75, 3.05) is 26.2 Å². The van der Waals surface area contributed by atoms with Crippen LogP contribution < -0.4 is 10.6 Å². The van der Waals surface area contributed by atoms with Crippen molar-refractivity contribution < 1.29 is 9.59 Å². The highest BCUT2D eigenvalue weighted by molar-refractivity contribution is 5.85. The lowest BCUT2D eigenvalue weighted by molar-refractivity contribution is -0.133. The Morgan fingerprint density at radius 2 is 2.11 bits per heavy atom. The third-order valence-electron chi connectivity index (χ3n) is 3.08. The predicted molar refractivity (Wildman–Crippen MR) is 78.4 cm³/mol. The van der Waals surface area contributed by atoms with Gasteiger partial charge in [0.2, 0.25) is 11.8 Å². The third-order valence-corrected chi connectivity index (χ3v) is 3.08. The van der Waals surface area contributed by atoms with E-state index in [1.807, 2.05) is 25.7 Å². The van der Waals surface area contributed by atoms with E-state index in [4.69, 9.17) is 0 Å². The van der Waals surface area contributed by atoms with E-state index >= 15 is 0 Å². The van der Waals surface area contributed by atoms with Crippen molar-refractivity contribution in [1.29, 1.82) is 0 Å². The van der Waals surface area contributed by atoms with E-state index in [1.165, 1.54) is 0 Å². The van der Waals surface area contributed by atoms with Gasteiger partial charge in [0.05, 0.1) is 0 Å². The summed E-state index contributed by atoms with van der Waals surface area (Å²) in [5, 5.41) is 6.05. The molecule has 2 amide bonds. The molecule has 0 aromatic carbocycles. The van der Waals surface area contributed by atoms with Gasteiger partial charge in [0, 0.05) is 45.1 Å².